The van der Waals surface area contributed by atoms with Gasteiger partial charge in [0.25, 0.3) is 0 Å². The predicted octanol–water partition coefficient (Wildman–Crippen LogP) is 10.2. The van der Waals surface area contributed by atoms with Gasteiger partial charge in [0.1, 0.15) is 0 Å². The number of aliphatic imine (C=N–C) groups is 2. The van der Waals surface area contributed by atoms with Gasteiger partial charge in [-0.25, -0.2) is 0 Å². The van der Waals surface area contributed by atoms with E-state index in [-0.39, 0.29) is 34.1 Å². The molecule has 1 aromatic carbocycles. The van der Waals surface area contributed by atoms with E-state index in [0.717, 1.165) is 11.4 Å². The SMILES string of the molecule is C[C-]1CCCC1.C[C-]1CCCC1.C[C-]1CCCC1C=Nc1ccc(N=CC2CCC[C-]2C)cc1.[Fe+2].[Fe+2]. The Morgan fingerprint density at radius 2 is 0.889 bits per heavy atom. The number of rotatable bonds is 4. The molecule has 2 nitrogen and oxygen atoms in total. The third kappa shape index (κ3) is 12.4. The Labute approximate surface area is 244 Å². The molecule has 0 saturated heterocycles. The quantitative estimate of drug-likeness (QED) is 0.195. The molecule has 5 rings (SSSR count). The van der Waals surface area contributed by atoms with Crippen LogP contribution < -0.4 is 0 Å². The van der Waals surface area contributed by atoms with Crippen LogP contribution in [0.4, 0.5) is 11.4 Å². The minimum Gasteiger partial charge on any atom is -0.317 e. The fourth-order valence-electron chi connectivity index (χ4n) is 5.40. The van der Waals surface area contributed by atoms with Crippen LogP contribution in [0, 0.1) is 35.5 Å². The van der Waals surface area contributed by atoms with Crippen molar-refractivity contribution in [3.05, 3.63) is 47.9 Å². The van der Waals surface area contributed by atoms with Crippen molar-refractivity contribution in [2.24, 2.45) is 21.8 Å². The van der Waals surface area contributed by atoms with E-state index in [1.54, 1.807) is 23.7 Å². The second kappa shape index (κ2) is 18.8. The molecule has 202 valence electrons. The zero-order valence-corrected chi connectivity index (χ0v) is 25.3. The van der Waals surface area contributed by atoms with Gasteiger partial charge in [-0.05, 0) is 36.7 Å². The Kier molecular flexibility index (Phi) is 17.5. The van der Waals surface area contributed by atoms with Gasteiger partial charge in [-0.3, -0.25) is 9.98 Å². The zero-order valence-electron chi connectivity index (χ0n) is 23.1. The van der Waals surface area contributed by atoms with Gasteiger partial charge in [0.05, 0.1) is 11.4 Å². The third-order valence-corrected chi connectivity index (χ3v) is 8.01. The van der Waals surface area contributed by atoms with Crippen molar-refractivity contribution in [1.82, 2.24) is 0 Å². The van der Waals surface area contributed by atoms with Crippen LogP contribution in [0.2, 0.25) is 0 Å². The van der Waals surface area contributed by atoms with E-state index in [4.69, 9.17) is 0 Å². The van der Waals surface area contributed by atoms with Gasteiger partial charge in [0, 0.05) is 0 Å². The van der Waals surface area contributed by atoms with Crippen molar-refractivity contribution in [2.45, 2.75) is 118 Å². The smallest absolute Gasteiger partial charge is 0.317 e. The van der Waals surface area contributed by atoms with Crippen molar-refractivity contribution in [1.29, 1.82) is 0 Å². The second-order valence-electron chi connectivity index (χ2n) is 11.1. The fourth-order valence-corrected chi connectivity index (χ4v) is 5.40. The van der Waals surface area contributed by atoms with Gasteiger partial charge in [0.15, 0.2) is 0 Å². The molecule has 0 amide bonds. The van der Waals surface area contributed by atoms with Gasteiger partial charge in [-0.2, -0.15) is 66.2 Å². The van der Waals surface area contributed by atoms with Crippen molar-refractivity contribution in [3.8, 4) is 0 Å². The van der Waals surface area contributed by atoms with Gasteiger partial charge in [-0.1, -0.05) is 51.4 Å². The molecule has 2 atom stereocenters. The summed E-state index contributed by atoms with van der Waals surface area (Å²) in [5.41, 5.74) is 2.06. The molecule has 36 heavy (non-hydrogen) atoms. The molecule has 2 unspecified atom stereocenters. The molecule has 4 aliphatic carbocycles. The molecule has 0 heterocycles. The summed E-state index contributed by atoms with van der Waals surface area (Å²) in [7, 11) is 0. The topological polar surface area (TPSA) is 24.7 Å². The molecule has 4 fully saturated rings. The van der Waals surface area contributed by atoms with Crippen LogP contribution in [0.3, 0.4) is 0 Å². The first kappa shape index (κ1) is 33.6. The average Bonchev–Trinajstić information content (AvgIpc) is 3.65. The van der Waals surface area contributed by atoms with Crippen LogP contribution in [-0.2, 0) is 34.1 Å². The molecule has 0 spiro atoms. The monoisotopic (exact) mass is 572 g/mol. The second-order valence-corrected chi connectivity index (χ2v) is 11.1. The van der Waals surface area contributed by atoms with E-state index >= 15 is 0 Å². The Morgan fingerprint density at radius 3 is 1.11 bits per heavy atom. The Morgan fingerprint density at radius 1 is 0.556 bits per heavy atom. The largest absolute Gasteiger partial charge is 2.00 e. The van der Waals surface area contributed by atoms with Crippen LogP contribution in [0.1, 0.15) is 118 Å². The van der Waals surface area contributed by atoms with E-state index in [1.165, 1.54) is 89.9 Å². The summed E-state index contributed by atoms with van der Waals surface area (Å²) in [6.45, 7) is 9.02. The van der Waals surface area contributed by atoms with E-state index < -0.39 is 0 Å². The number of hydrogen-bond donors (Lipinski definition) is 0. The van der Waals surface area contributed by atoms with E-state index in [9.17, 15) is 0 Å². The molecule has 0 radical (unpaired) electrons. The normalized spacial score (nSPS) is 25.3. The number of hydrogen-bond acceptors (Lipinski definition) is 2. The first-order chi connectivity index (χ1) is 16.5. The van der Waals surface area contributed by atoms with Crippen molar-refractivity contribution >= 4 is 23.8 Å². The molecule has 0 bridgehead atoms. The van der Waals surface area contributed by atoms with Crippen LogP contribution in [0.15, 0.2) is 34.3 Å². The van der Waals surface area contributed by atoms with Gasteiger partial charge >= 0.3 is 34.1 Å². The van der Waals surface area contributed by atoms with Crippen LogP contribution in [0.5, 0.6) is 0 Å². The van der Waals surface area contributed by atoms with Crippen molar-refractivity contribution in [3.63, 3.8) is 0 Å². The molecule has 1 aromatic rings. The minimum absolute atomic E-state index is 0. The molecule has 4 aliphatic rings. The van der Waals surface area contributed by atoms with E-state index in [0.29, 0.717) is 11.8 Å². The summed E-state index contributed by atoms with van der Waals surface area (Å²) >= 11 is 0. The van der Waals surface area contributed by atoms with Crippen molar-refractivity contribution < 1.29 is 34.1 Å². The summed E-state index contributed by atoms with van der Waals surface area (Å²) in [4.78, 5) is 9.26. The molecule has 0 aliphatic heterocycles. The maximum absolute atomic E-state index is 4.63. The molecule has 4 heteroatoms. The zero-order chi connectivity index (χ0) is 24.2. The molecular formula is C32H48Fe2N2. The minimum atomic E-state index is 0. The van der Waals surface area contributed by atoms with Crippen LogP contribution in [0.25, 0.3) is 0 Å². The Hall–Kier alpha value is -0.401. The first-order valence-corrected chi connectivity index (χ1v) is 14.0. The molecular weight excluding hydrogens is 524 g/mol. The number of nitrogens with zero attached hydrogens (tertiary/aromatic N) is 2. The van der Waals surface area contributed by atoms with Crippen LogP contribution in [-0.4, -0.2) is 12.4 Å². The first-order valence-electron chi connectivity index (χ1n) is 14.0. The maximum atomic E-state index is 4.63. The van der Waals surface area contributed by atoms with Crippen molar-refractivity contribution in [2.75, 3.05) is 0 Å². The average molecular weight is 572 g/mol. The van der Waals surface area contributed by atoms with E-state index in [2.05, 4.69) is 74.4 Å². The Balaban J connectivity index is 0.000000381. The van der Waals surface area contributed by atoms with Gasteiger partial charge in [0.2, 0.25) is 0 Å². The summed E-state index contributed by atoms with van der Waals surface area (Å²) in [6.07, 6.45) is 23.3. The summed E-state index contributed by atoms with van der Waals surface area (Å²) in [6, 6.07) is 8.27. The molecule has 4 saturated carbocycles. The Bertz CT molecular complexity index is 670. The van der Waals surface area contributed by atoms with Gasteiger partial charge in [-0.15, -0.1) is 11.8 Å². The number of benzene rings is 1. The van der Waals surface area contributed by atoms with Gasteiger partial charge < -0.3 is 23.7 Å². The molecule has 0 aromatic heterocycles. The summed E-state index contributed by atoms with van der Waals surface area (Å²) < 4.78 is 0. The van der Waals surface area contributed by atoms with Crippen LogP contribution >= 0.6 is 0 Å². The fraction of sp³-hybridized carbons (Fsp3) is 0.625. The van der Waals surface area contributed by atoms with E-state index in [1.807, 2.05) is 0 Å². The maximum Gasteiger partial charge on any atom is 2.00 e. The third-order valence-electron chi connectivity index (χ3n) is 8.01. The molecule has 0 N–H and O–H groups in total. The summed E-state index contributed by atoms with van der Waals surface area (Å²) in [5.74, 6) is 7.73. The standard InChI is InChI=1S/C20H26N2.2C6H11.2Fe/c1-15-5-3-7-17(15)13-21-19-9-11-20(12-10-19)22-14-18-8-4-6-16(18)2;2*1-6-4-2-3-5-6;;/h9-14,17-18H,3-8H2,1-2H3;2*2-5H2,1H3;;/q-2;2*-1;2*+2. The predicted molar refractivity (Wildman–Crippen MR) is 150 cm³/mol. The summed E-state index contributed by atoms with van der Waals surface area (Å²) in [5, 5.41) is 0.